The van der Waals surface area contributed by atoms with Crippen molar-refractivity contribution in [3.63, 3.8) is 0 Å². The van der Waals surface area contributed by atoms with Gasteiger partial charge < -0.3 is 4.90 Å². The Bertz CT molecular complexity index is 813. The molecule has 0 aliphatic rings. The number of hydrogen-bond acceptors (Lipinski definition) is 3. The van der Waals surface area contributed by atoms with E-state index in [1.807, 2.05) is 43.3 Å². The van der Waals surface area contributed by atoms with Gasteiger partial charge in [0.15, 0.2) is 0 Å². The van der Waals surface area contributed by atoms with Crippen molar-refractivity contribution in [2.75, 3.05) is 7.05 Å². The van der Waals surface area contributed by atoms with Crippen molar-refractivity contribution in [3.8, 4) is 5.69 Å². The molecular weight excluding hydrogens is 324 g/mol. The molecule has 0 aliphatic carbocycles. The van der Waals surface area contributed by atoms with Crippen molar-refractivity contribution in [2.24, 2.45) is 0 Å². The predicted molar refractivity (Wildman–Crippen MR) is 93.3 cm³/mol. The van der Waals surface area contributed by atoms with Crippen LogP contribution >= 0.6 is 11.6 Å². The summed E-state index contributed by atoms with van der Waals surface area (Å²) in [5.41, 5.74) is 2.52. The first-order valence-corrected chi connectivity index (χ1v) is 7.92. The van der Waals surface area contributed by atoms with Gasteiger partial charge in [0, 0.05) is 17.6 Å². The van der Waals surface area contributed by atoms with Crippen LogP contribution in [0.3, 0.4) is 0 Å². The minimum Gasteiger partial charge on any atom is -0.335 e. The van der Waals surface area contributed by atoms with Gasteiger partial charge in [-0.3, -0.25) is 4.79 Å². The quantitative estimate of drug-likeness (QED) is 0.726. The van der Waals surface area contributed by atoms with Gasteiger partial charge in [0.1, 0.15) is 12.7 Å². The second kappa shape index (κ2) is 6.84. The SMILES string of the molecule is CC(c1ccc(Cl)cc1)N(C)C(=O)c1ccc(-n2cncn2)cc1. The van der Waals surface area contributed by atoms with Crippen molar-refractivity contribution < 1.29 is 4.79 Å². The van der Waals surface area contributed by atoms with Gasteiger partial charge in [0.25, 0.3) is 5.91 Å². The highest BCUT2D eigenvalue weighted by Crippen LogP contribution is 2.22. The van der Waals surface area contributed by atoms with Gasteiger partial charge in [0.2, 0.25) is 0 Å². The highest BCUT2D eigenvalue weighted by atomic mass is 35.5. The summed E-state index contributed by atoms with van der Waals surface area (Å²) in [6.45, 7) is 1.99. The maximum atomic E-state index is 12.7. The van der Waals surface area contributed by atoms with E-state index >= 15 is 0 Å². The maximum absolute atomic E-state index is 12.7. The molecule has 0 aliphatic heterocycles. The summed E-state index contributed by atoms with van der Waals surface area (Å²) in [6.07, 6.45) is 3.09. The van der Waals surface area contributed by atoms with Crippen molar-refractivity contribution >= 4 is 17.5 Å². The Kier molecular flexibility index (Phi) is 4.62. The molecule has 2 aromatic carbocycles. The molecule has 3 rings (SSSR count). The average molecular weight is 341 g/mol. The molecule has 3 aromatic rings. The molecular formula is C18H17ClN4O. The summed E-state index contributed by atoms with van der Waals surface area (Å²) >= 11 is 5.92. The molecule has 1 atom stereocenters. The lowest BCUT2D eigenvalue weighted by Crippen LogP contribution is -2.29. The first-order chi connectivity index (χ1) is 11.6. The molecule has 122 valence electrons. The van der Waals surface area contributed by atoms with Crippen molar-refractivity contribution in [1.29, 1.82) is 0 Å². The summed E-state index contributed by atoms with van der Waals surface area (Å²) in [7, 11) is 1.80. The smallest absolute Gasteiger partial charge is 0.254 e. The molecule has 0 saturated heterocycles. The van der Waals surface area contributed by atoms with Crippen LogP contribution in [0, 0.1) is 0 Å². The fourth-order valence-corrected chi connectivity index (χ4v) is 2.57. The van der Waals surface area contributed by atoms with Gasteiger partial charge >= 0.3 is 0 Å². The average Bonchev–Trinajstić information content (AvgIpc) is 3.15. The molecule has 1 amide bonds. The fourth-order valence-electron chi connectivity index (χ4n) is 2.44. The van der Waals surface area contributed by atoms with Crippen LogP contribution in [-0.2, 0) is 0 Å². The summed E-state index contributed by atoms with van der Waals surface area (Å²) in [4.78, 5) is 18.3. The number of carbonyl (C=O) groups is 1. The zero-order chi connectivity index (χ0) is 17.1. The van der Waals surface area contributed by atoms with Crippen LogP contribution < -0.4 is 0 Å². The number of nitrogens with zero attached hydrogens (tertiary/aromatic N) is 4. The van der Waals surface area contributed by atoms with E-state index in [0.717, 1.165) is 11.3 Å². The molecule has 0 radical (unpaired) electrons. The van der Waals surface area contributed by atoms with E-state index in [2.05, 4.69) is 10.1 Å². The van der Waals surface area contributed by atoms with Crippen LogP contribution in [0.15, 0.2) is 61.2 Å². The number of halogens is 1. The molecule has 5 nitrogen and oxygen atoms in total. The van der Waals surface area contributed by atoms with Crippen molar-refractivity contribution in [2.45, 2.75) is 13.0 Å². The topological polar surface area (TPSA) is 51.0 Å². The second-order valence-corrected chi connectivity index (χ2v) is 5.97. The number of benzene rings is 2. The van der Waals surface area contributed by atoms with Gasteiger partial charge in [-0.2, -0.15) is 5.10 Å². The van der Waals surface area contributed by atoms with E-state index in [4.69, 9.17) is 11.6 Å². The highest BCUT2D eigenvalue weighted by Gasteiger charge is 2.19. The lowest BCUT2D eigenvalue weighted by molar-refractivity contribution is 0.0742. The third kappa shape index (κ3) is 3.31. The van der Waals surface area contributed by atoms with E-state index in [-0.39, 0.29) is 11.9 Å². The second-order valence-electron chi connectivity index (χ2n) is 5.53. The van der Waals surface area contributed by atoms with Crippen LogP contribution in [0.1, 0.15) is 28.9 Å². The molecule has 1 unspecified atom stereocenters. The minimum atomic E-state index is -0.0511. The van der Waals surface area contributed by atoms with E-state index in [1.165, 1.54) is 6.33 Å². The minimum absolute atomic E-state index is 0.0393. The number of hydrogen-bond donors (Lipinski definition) is 0. The van der Waals surface area contributed by atoms with Crippen LogP contribution in [-0.4, -0.2) is 32.6 Å². The third-order valence-corrected chi connectivity index (χ3v) is 4.30. The maximum Gasteiger partial charge on any atom is 0.254 e. The zero-order valence-electron chi connectivity index (χ0n) is 13.4. The Hall–Kier alpha value is -2.66. The summed E-state index contributed by atoms with van der Waals surface area (Å²) in [5, 5.41) is 4.75. The van der Waals surface area contributed by atoms with Crippen LogP contribution in [0.2, 0.25) is 5.02 Å². The number of aromatic nitrogens is 3. The molecule has 0 bridgehead atoms. The molecule has 0 fully saturated rings. The van der Waals surface area contributed by atoms with Gasteiger partial charge in [-0.25, -0.2) is 9.67 Å². The lowest BCUT2D eigenvalue weighted by Gasteiger charge is -2.25. The molecule has 1 aromatic heterocycles. The van der Waals surface area contributed by atoms with E-state index in [9.17, 15) is 4.79 Å². The van der Waals surface area contributed by atoms with Crippen molar-refractivity contribution in [3.05, 3.63) is 77.3 Å². The van der Waals surface area contributed by atoms with E-state index < -0.39 is 0 Å². The Morgan fingerprint density at radius 2 is 1.79 bits per heavy atom. The van der Waals surface area contributed by atoms with Gasteiger partial charge in [-0.05, 0) is 48.9 Å². The molecule has 0 N–H and O–H groups in total. The third-order valence-electron chi connectivity index (χ3n) is 4.05. The first-order valence-electron chi connectivity index (χ1n) is 7.54. The van der Waals surface area contributed by atoms with Crippen molar-refractivity contribution in [1.82, 2.24) is 19.7 Å². The Labute approximate surface area is 145 Å². The van der Waals surface area contributed by atoms with Crippen LogP contribution in [0.25, 0.3) is 5.69 Å². The lowest BCUT2D eigenvalue weighted by atomic mass is 10.1. The monoisotopic (exact) mass is 340 g/mol. The van der Waals surface area contributed by atoms with Crippen LogP contribution in [0.5, 0.6) is 0 Å². The Morgan fingerprint density at radius 3 is 2.38 bits per heavy atom. The number of amides is 1. The molecule has 1 heterocycles. The van der Waals surface area contributed by atoms with Gasteiger partial charge in [0.05, 0.1) is 11.7 Å². The summed E-state index contributed by atoms with van der Waals surface area (Å²) in [6, 6.07) is 14.8. The molecule has 24 heavy (non-hydrogen) atoms. The van der Waals surface area contributed by atoms with Crippen LogP contribution in [0.4, 0.5) is 0 Å². The largest absolute Gasteiger partial charge is 0.335 e. The predicted octanol–water partition coefficient (Wildman–Crippen LogP) is 3.75. The zero-order valence-corrected chi connectivity index (χ0v) is 14.2. The normalized spacial score (nSPS) is 12.0. The number of carbonyl (C=O) groups excluding carboxylic acids is 1. The fraction of sp³-hybridized carbons (Fsp3) is 0.167. The first kappa shape index (κ1) is 16.2. The Balaban J connectivity index is 1.76. The molecule has 6 heteroatoms. The van der Waals surface area contributed by atoms with E-state index in [1.54, 1.807) is 35.1 Å². The summed E-state index contributed by atoms with van der Waals surface area (Å²) < 4.78 is 1.65. The summed E-state index contributed by atoms with van der Waals surface area (Å²) in [5.74, 6) is -0.0393. The molecule has 0 saturated carbocycles. The van der Waals surface area contributed by atoms with Gasteiger partial charge in [-0.15, -0.1) is 0 Å². The number of rotatable bonds is 4. The van der Waals surface area contributed by atoms with Gasteiger partial charge in [-0.1, -0.05) is 23.7 Å². The highest BCUT2D eigenvalue weighted by molar-refractivity contribution is 6.30. The molecule has 0 spiro atoms. The Morgan fingerprint density at radius 1 is 1.12 bits per heavy atom. The standard InChI is InChI=1S/C18H17ClN4O/c1-13(14-3-7-16(19)8-4-14)22(2)18(24)15-5-9-17(10-6-15)23-12-20-11-21-23/h3-13H,1-2H3. The van der Waals surface area contributed by atoms with E-state index in [0.29, 0.717) is 10.6 Å².